The maximum atomic E-state index is 5.85. The molecule has 0 spiro atoms. The summed E-state index contributed by atoms with van der Waals surface area (Å²) in [6.45, 7) is 2.09. The summed E-state index contributed by atoms with van der Waals surface area (Å²) in [5.74, 6) is 1.80. The molecule has 7 heteroatoms. The van der Waals surface area contributed by atoms with Crippen molar-refractivity contribution in [3.05, 3.63) is 72.1 Å². The first-order valence-corrected chi connectivity index (χ1v) is 9.47. The predicted molar refractivity (Wildman–Crippen MR) is 110 cm³/mol. The number of nitrogens with two attached hydrogens (primary N) is 1. The van der Waals surface area contributed by atoms with E-state index in [4.69, 9.17) is 10.7 Å². The van der Waals surface area contributed by atoms with Crippen LogP contribution in [0.2, 0.25) is 0 Å². The molecule has 0 amide bonds. The Morgan fingerprint density at radius 2 is 1.70 bits per heavy atom. The highest BCUT2D eigenvalue weighted by Crippen LogP contribution is 2.25. The summed E-state index contributed by atoms with van der Waals surface area (Å²) in [4.78, 5) is 17.6. The van der Waals surface area contributed by atoms with Gasteiger partial charge in [0.15, 0.2) is 0 Å². The molecule has 0 saturated carbocycles. The summed E-state index contributed by atoms with van der Waals surface area (Å²) in [5.41, 5.74) is 8.94. The van der Waals surface area contributed by atoms with Crippen molar-refractivity contribution < 1.29 is 0 Å². The van der Waals surface area contributed by atoms with E-state index in [1.807, 2.05) is 48.5 Å². The summed E-state index contributed by atoms with van der Waals surface area (Å²) >= 11 is 1.58. The fourth-order valence-electron chi connectivity index (χ4n) is 2.74. The van der Waals surface area contributed by atoms with Crippen LogP contribution in [0.4, 0.5) is 17.6 Å². The highest BCUT2D eigenvalue weighted by Gasteiger charge is 2.08. The van der Waals surface area contributed by atoms with E-state index in [9.17, 15) is 0 Å². The lowest BCUT2D eigenvalue weighted by molar-refractivity contribution is 0.980. The fraction of sp³-hybridized carbons (Fsp3) is 0.100. The van der Waals surface area contributed by atoms with Crippen molar-refractivity contribution in [1.29, 1.82) is 0 Å². The summed E-state index contributed by atoms with van der Waals surface area (Å²) < 4.78 is 0. The maximum Gasteiger partial charge on any atom is 0.232 e. The van der Waals surface area contributed by atoms with Crippen LogP contribution in [0.5, 0.6) is 0 Å². The largest absolute Gasteiger partial charge is 0.368 e. The number of aryl methyl sites for hydroxylation is 1. The van der Waals surface area contributed by atoms with Gasteiger partial charge in [-0.3, -0.25) is 0 Å². The minimum absolute atomic E-state index is 0.196. The lowest BCUT2D eigenvalue weighted by atomic mass is 10.1. The summed E-state index contributed by atoms with van der Waals surface area (Å²) in [5, 5.41) is 5.25. The van der Waals surface area contributed by atoms with Gasteiger partial charge in [-0.2, -0.15) is 15.0 Å². The molecule has 2 aromatic heterocycles. The number of pyridine rings is 1. The molecule has 3 N–H and O–H groups in total. The van der Waals surface area contributed by atoms with Gasteiger partial charge in [-0.15, -0.1) is 0 Å². The molecule has 0 fully saturated rings. The molecule has 0 bridgehead atoms. The number of aromatic nitrogens is 4. The number of thioether (sulfide) groups is 1. The van der Waals surface area contributed by atoms with Crippen molar-refractivity contribution in [3.8, 4) is 0 Å². The first-order chi connectivity index (χ1) is 13.2. The second-order valence-electron chi connectivity index (χ2n) is 6.01. The molecular weight excluding hydrogens is 356 g/mol. The molecule has 0 unspecified atom stereocenters. The standard InChI is InChI=1S/C20H18N6S/c1-13-11-18(23-16-10-6-5-9-15(13)16)27-12-17-24-19(21)26-20(25-17)22-14-7-3-2-4-8-14/h2-11H,12H2,1H3,(H3,21,22,24,25,26). The van der Waals surface area contributed by atoms with E-state index in [1.165, 1.54) is 10.9 Å². The number of rotatable bonds is 5. The second-order valence-corrected chi connectivity index (χ2v) is 7.00. The highest BCUT2D eigenvalue weighted by molar-refractivity contribution is 7.98. The Morgan fingerprint density at radius 3 is 2.56 bits per heavy atom. The SMILES string of the molecule is Cc1cc(SCc2nc(N)nc(Nc3ccccc3)n2)nc2ccccc12. The van der Waals surface area contributed by atoms with Crippen molar-refractivity contribution in [2.45, 2.75) is 17.7 Å². The zero-order chi connectivity index (χ0) is 18.6. The van der Waals surface area contributed by atoms with Crippen LogP contribution in [0, 0.1) is 6.92 Å². The van der Waals surface area contributed by atoms with Gasteiger partial charge in [0, 0.05) is 11.1 Å². The van der Waals surface area contributed by atoms with Crippen LogP contribution in [-0.4, -0.2) is 19.9 Å². The van der Waals surface area contributed by atoms with Crippen molar-refractivity contribution >= 4 is 40.2 Å². The summed E-state index contributed by atoms with van der Waals surface area (Å²) in [6, 6.07) is 19.9. The number of hydrogen-bond acceptors (Lipinski definition) is 7. The number of para-hydroxylation sites is 2. The molecule has 6 nitrogen and oxygen atoms in total. The van der Waals surface area contributed by atoms with Crippen molar-refractivity contribution in [2.24, 2.45) is 0 Å². The van der Waals surface area contributed by atoms with Gasteiger partial charge < -0.3 is 11.1 Å². The molecule has 134 valence electrons. The zero-order valence-corrected chi connectivity index (χ0v) is 15.6. The Hall–Kier alpha value is -3.19. The predicted octanol–water partition coefficient (Wildman–Crippen LogP) is 4.35. The van der Waals surface area contributed by atoms with Gasteiger partial charge in [0.25, 0.3) is 0 Å². The molecule has 0 aliphatic carbocycles. The van der Waals surface area contributed by atoms with Crippen LogP contribution in [0.1, 0.15) is 11.4 Å². The van der Waals surface area contributed by atoms with Gasteiger partial charge in [0.1, 0.15) is 5.82 Å². The molecule has 0 radical (unpaired) electrons. The molecule has 0 saturated heterocycles. The quantitative estimate of drug-likeness (QED) is 0.502. The van der Waals surface area contributed by atoms with E-state index in [-0.39, 0.29) is 5.95 Å². The molecule has 4 rings (SSSR count). The Bertz CT molecular complexity index is 1080. The molecule has 0 atom stereocenters. The fourth-order valence-corrected chi connectivity index (χ4v) is 3.57. The Kier molecular flexibility index (Phi) is 4.84. The average molecular weight is 374 g/mol. The van der Waals surface area contributed by atoms with E-state index >= 15 is 0 Å². The Labute approximate surface area is 161 Å². The van der Waals surface area contributed by atoms with E-state index in [1.54, 1.807) is 11.8 Å². The summed E-state index contributed by atoms with van der Waals surface area (Å²) in [7, 11) is 0. The van der Waals surface area contributed by atoms with E-state index < -0.39 is 0 Å². The van der Waals surface area contributed by atoms with Gasteiger partial charge in [0.2, 0.25) is 11.9 Å². The number of anilines is 3. The van der Waals surface area contributed by atoms with Crippen molar-refractivity contribution in [2.75, 3.05) is 11.1 Å². The lowest BCUT2D eigenvalue weighted by Gasteiger charge is -2.08. The number of nitrogens with zero attached hydrogens (tertiary/aromatic N) is 4. The van der Waals surface area contributed by atoms with Gasteiger partial charge in [-0.25, -0.2) is 4.98 Å². The van der Waals surface area contributed by atoms with Crippen molar-refractivity contribution in [3.63, 3.8) is 0 Å². The molecule has 2 heterocycles. The van der Waals surface area contributed by atoms with Crippen molar-refractivity contribution in [1.82, 2.24) is 19.9 Å². The summed E-state index contributed by atoms with van der Waals surface area (Å²) in [6.07, 6.45) is 0. The average Bonchev–Trinajstić information content (AvgIpc) is 2.67. The van der Waals surface area contributed by atoms with Gasteiger partial charge in [-0.05, 0) is 36.8 Å². The van der Waals surface area contributed by atoms with Gasteiger partial charge in [0.05, 0.1) is 16.3 Å². The minimum Gasteiger partial charge on any atom is -0.368 e. The van der Waals surface area contributed by atoms with E-state index in [0.717, 1.165) is 16.2 Å². The molecule has 0 aliphatic heterocycles. The Morgan fingerprint density at radius 1 is 0.926 bits per heavy atom. The van der Waals surface area contributed by atoms with Gasteiger partial charge >= 0.3 is 0 Å². The topological polar surface area (TPSA) is 89.6 Å². The third-order valence-corrected chi connectivity index (χ3v) is 4.89. The van der Waals surface area contributed by atoms with E-state index in [0.29, 0.717) is 17.5 Å². The van der Waals surface area contributed by atoms with Gasteiger partial charge in [-0.1, -0.05) is 48.2 Å². The third kappa shape index (κ3) is 4.15. The molecule has 4 aromatic rings. The minimum atomic E-state index is 0.196. The van der Waals surface area contributed by atoms with Crippen LogP contribution >= 0.6 is 11.8 Å². The monoisotopic (exact) mass is 374 g/mol. The number of hydrogen-bond donors (Lipinski definition) is 2. The van der Waals surface area contributed by atoms with Crippen LogP contribution < -0.4 is 11.1 Å². The maximum absolute atomic E-state index is 5.85. The lowest BCUT2D eigenvalue weighted by Crippen LogP contribution is -2.06. The highest BCUT2D eigenvalue weighted by atomic mass is 32.2. The molecule has 2 aromatic carbocycles. The number of nitrogen functional groups attached to an aromatic ring is 1. The normalized spacial score (nSPS) is 10.9. The van der Waals surface area contributed by atoms with Crippen LogP contribution in [0.15, 0.2) is 65.7 Å². The molecular formula is C20H18N6S. The second kappa shape index (κ2) is 7.59. The first-order valence-electron chi connectivity index (χ1n) is 8.49. The molecule has 0 aliphatic rings. The molecule has 27 heavy (non-hydrogen) atoms. The third-order valence-electron chi connectivity index (χ3n) is 3.98. The first kappa shape index (κ1) is 17.2. The van der Waals surface area contributed by atoms with Crippen LogP contribution in [0.25, 0.3) is 10.9 Å². The zero-order valence-electron chi connectivity index (χ0n) is 14.8. The smallest absolute Gasteiger partial charge is 0.232 e. The number of benzene rings is 2. The number of fused-ring (bicyclic) bond motifs is 1. The van der Waals surface area contributed by atoms with Crippen LogP contribution in [-0.2, 0) is 5.75 Å². The number of nitrogens with one attached hydrogen (secondary N) is 1. The Balaban J connectivity index is 1.53. The van der Waals surface area contributed by atoms with Crippen LogP contribution in [0.3, 0.4) is 0 Å². The van der Waals surface area contributed by atoms with E-state index in [2.05, 4.69) is 39.3 Å².